The van der Waals surface area contributed by atoms with Crippen LogP contribution in [0.5, 0.6) is 5.75 Å². The fourth-order valence-electron chi connectivity index (χ4n) is 1.44. The van der Waals surface area contributed by atoms with Gasteiger partial charge in [0, 0.05) is 0 Å². The molecule has 0 aliphatic carbocycles. The van der Waals surface area contributed by atoms with Gasteiger partial charge in [0.1, 0.15) is 5.75 Å². The van der Waals surface area contributed by atoms with Gasteiger partial charge in [-0.2, -0.15) is 13.2 Å². The number of hydrogen-bond donors (Lipinski definition) is 1. The van der Waals surface area contributed by atoms with Gasteiger partial charge in [0.15, 0.2) is 11.4 Å². The molecule has 0 amide bonds. The summed E-state index contributed by atoms with van der Waals surface area (Å²) >= 11 is 0. The van der Waals surface area contributed by atoms with Gasteiger partial charge in [0.2, 0.25) is 0 Å². The maximum absolute atomic E-state index is 12.4. The summed E-state index contributed by atoms with van der Waals surface area (Å²) in [4.78, 5) is 29.5. The molecule has 2 rings (SSSR count). The van der Waals surface area contributed by atoms with Crippen LogP contribution < -0.4 is 4.74 Å². The van der Waals surface area contributed by atoms with Gasteiger partial charge in [0.25, 0.3) is 0 Å². The zero-order valence-electron chi connectivity index (χ0n) is 10.7. The summed E-state index contributed by atoms with van der Waals surface area (Å²) in [6.45, 7) is 0. The van der Waals surface area contributed by atoms with Gasteiger partial charge in [-0.25, -0.2) is 14.6 Å². The number of rotatable bonds is 3. The van der Waals surface area contributed by atoms with Crippen molar-refractivity contribution in [1.29, 1.82) is 0 Å². The highest BCUT2D eigenvalue weighted by Gasteiger charge is 2.30. The Morgan fingerprint density at radius 3 is 2.18 bits per heavy atom. The third kappa shape index (κ3) is 3.57. The van der Waals surface area contributed by atoms with Crippen LogP contribution in [-0.4, -0.2) is 27.0 Å². The predicted molar refractivity (Wildman–Crippen MR) is 65.4 cm³/mol. The lowest BCUT2D eigenvalue weighted by molar-refractivity contribution is -0.137. The number of ether oxygens (including phenoxy) is 1. The molecule has 0 unspecified atom stereocenters. The van der Waals surface area contributed by atoms with Crippen LogP contribution in [0.3, 0.4) is 0 Å². The molecular formula is C13H7F3N2O4. The van der Waals surface area contributed by atoms with Crippen molar-refractivity contribution in [3.8, 4) is 5.75 Å². The molecule has 1 heterocycles. The van der Waals surface area contributed by atoms with Crippen molar-refractivity contribution in [3.05, 3.63) is 53.6 Å². The molecule has 0 radical (unpaired) electrons. The minimum atomic E-state index is -4.50. The second kappa shape index (κ2) is 5.80. The minimum Gasteiger partial charge on any atom is -0.476 e. The minimum absolute atomic E-state index is 0.138. The van der Waals surface area contributed by atoms with Gasteiger partial charge < -0.3 is 9.84 Å². The van der Waals surface area contributed by atoms with E-state index in [1.807, 2.05) is 0 Å². The van der Waals surface area contributed by atoms with Gasteiger partial charge in [-0.05, 0) is 24.3 Å². The van der Waals surface area contributed by atoms with Crippen molar-refractivity contribution in [3.63, 3.8) is 0 Å². The Labute approximate surface area is 121 Å². The van der Waals surface area contributed by atoms with E-state index in [0.717, 1.165) is 36.7 Å². The number of hydrogen-bond acceptors (Lipinski definition) is 5. The first-order valence-corrected chi connectivity index (χ1v) is 5.72. The first-order chi connectivity index (χ1) is 10.3. The van der Waals surface area contributed by atoms with E-state index in [1.54, 1.807) is 0 Å². The van der Waals surface area contributed by atoms with Crippen LogP contribution in [0.25, 0.3) is 0 Å². The number of carboxylic acids is 1. The van der Waals surface area contributed by atoms with Crippen LogP contribution in [0.1, 0.15) is 26.5 Å². The van der Waals surface area contributed by atoms with Crippen LogP contribution in [0.4, 0.5) is 13.2 Å². The van der Waals surface area contributed by atoms with Gasteiger partial charge in [-0.3, -0.25) is 4.98 Å². The first kappa shape index (κ1) is 15.4. The van der Waals surface area contributed by atoms with Crippen molar-refractivity contribution in [2.45, 2.75) is 6.18 Å². The molecule has 0 atom stereocenters. The lowest BCUT2D eigenvalue weighted by Crippen LogP contribution is -2.14. The molecule has 0 spiro atoms. The third-order valence-electron chi connectivity index (χ3n) is 2.45. The topological polar surface area (TPSA) is 89.4 Å². The van der Waals surface area contributed by atoms with Crippen LogP contribution in [0, 0.1) is 0 Å². The van der Waals surface area contributed by atoms with E-state index in [9.17, 15) is 22.8 Å². The highest BCUT2D eigenvalue weighted by molar-refractivity contribution is 5.91. The van der Waals surface area contributed by atoms with Crippen molar-refractivity contribution < 1.29 is 32.6 Å². The predicted octanol–water partition coefficient (Wildman–Crippen LogP) is 2.41. The normalized spacial score (nSPS) is 11.0. The molecule has 1 aromatic carbocycles. The lowest BCUT2D eigenvalue weighted by Gasteiger charge is -2.08. The van der Waals surface area contributed by atoms with Crippen molar-refractivity contribution in [2.24, 2.45) is 0 Å². The van der Waals surface area contributed by atoms with Crippen molar-refractivity contribution in [1.82, 2.24) is 9.97 Å². The SMILES string of the molecule is O=C(O)c1cncc(C(=O)Oc2ccc(C(F)(F)F)cc2)n1. The van der Waals surface area contributed by atoms with Crippen LogP contribution in [-0.2, 0) is 6.18 Å². The highest BCUT2D eigenvalue weighted by atomic mass is 19.4. The van der Waals surface area contributed by atoms with Gasteiger partial charge in [0.05, 0.1) is 18.0 Å². The molecule has 1 aromatic heterocycles. The summed E-state index contributed by atoms with van der Waals surface area (Å²) in [6.07, 6.45) is -2.57. The Morgan fingerprint density at radius 1 is 1.05 bits per heavy atom. The van der Waals surface area contributed by atoms with Gasteiger partial charge in [-0.1, -0.05) is 0 Å². The standard InChI is InChI=1S/C13H7F3N2O4/c14-13(15,16)7-1-3-8(4-2-7)22-12(21)10-6-17-5-9(18-10)11(19)20/h1-6H,(H,19,20). The average Bonchev–Trinajstić information content (AvgIpc) is 2.47. The average molecular weight is 312 g/mol. The quantitative estimate of drug-likeness (QED) is 0.691. The Morgan fingerprint density at radius 2 is 1.64 bits per heavy atom. The molecule has 0 saturated carbocycles. The van der Waals surface area contributed by atoms with E-state index in [0.29, 0.717) is 0 Å². The zero-order chi connectivity index (χ0) is 16.3. The largest absolute Gasteiger partial charge is 0.476 e. The van der Waals surface area contributed by atoms with Crippen LogP contribution >= 0.6 is 0 Å². The first-order valence-electron chi connectivity index (χ1n) is 5.72. The number of esters is 1. The van der Waals surface area contributed by atoms with Crippen molar-refractivity contribution >= 4 is 11.9 Å². The molecule has 0 aliphatic rings. The van der Waals surface area contributed by atoms with E-state index in [-0.39, 0.29) is 11.4 Å². The van der Waals surface area contributed by atoms with Crippen LogP contribution in [0.2, 0.25) is 0 Å². The van der Waals surface area contributed by atoms with E-state index in [4.69, 9.17) is 9.84 Å². The number of carbonyl (C=O) groups excluding carboxylic acids is 1. The summed E-state index contributed by atoms with van der Waals surface area (Å²) in [6, 6.07) is 3.44. The molecule has 0 fully saturated rings. The molecule has 9 heteroatoms. The summed E-state index contributed by atoms with van der Waals surface area (Å²) in [7, 11) is 0. The van der Waals surface area contributed by atoms with Crippen LogP contribution in [0.15, 0.2) is 36.7 Å². The number of nitrogens with zero attached hydrogens (tertiary/aromatic N) is 2. The smallest absolute Gasteiger partial charge is 0.416 e. The lowest BCUT2D eigenvalue weighted by atomic mass is 10.2. The van der Waals surface area contributed by atoms with E-state index in [2.05, 4.69) is 9.97 Å². The monoisotopic (exact) mass is 312 g/mol. The Balaban J connectivity index is 2.15. The summed E-state index contributed by atoms with van der Waals surface area (Å²) < 4.78 is 42.0. The number of aromatic nitrogens is 2. The maximum Gasteiger partial charge on any atom is 0.416 e. The fourth-order valence-corrected chi connectivity index (χ4v) is 1.44. The fraction of sp³-hybridized carbons (Fsp3) is 0.0769. The number of alkyl halides is 3. The maximum atomic E-state index is 12.4. The third-order valence-corrected chi connectivity index (χ3v) is 2.45. The molecule has 1 N–H and O–H groups in total. The zero-order valence-corrected chi connectivity index (χ0v) is 10.7. The summed E-state index contributed by atoms with van der Waals surface area (Å²) in [5.41, 5.74) is -1.72. The summed E-state index contributed by atoms with van der Waals surface area (Å²) in [5.74, 6) is -2.55. The molecule has 0 saturated heterocycles. The second-order valence-electron chi connectivity index (χ2n) is 4.01. The molecule has 2 aromatic rings. The number of aromatic carboxylic acids is 1. The molecule has 114 valence electrons. The number of carboxylic acid groups (broad SMARTS) is 1. The Kier molecular flexibility index (Phi) is 4.06. The van der Waals surface area contributed by atoms with Gasteiger partial charge >= 0.3 is 18.1 Å². The van der Waals surface area contributed by atoms with E-state index < -0.39 is 29.4 Å². The molecular weight excluding hydrogens is 305 g/mol. The molecule has 0 bridgehead atoms. The second-order valence-corrected chi connectivity index (χ2v) is 4.01. The van der Waals surface area contributed by atoms with Crippen molar-refractivity contribution in [2.75, 3.05) is 0 Å². The number of carbonyl (C=O) groups is 2. The van der Waals surface area contributed by atoms with E-state index in [1.165, 1.54) is 0 Å². The summed E-state index contributed by atoms with van der Waals surface area (Å²) in [5, 5.41) is 8.73. The molecule has 0 aliphatic heterocycles. The Hall–Kier alpha value is -2.97. The Bertz CT molecular complexity index is 714. The highest BCUT2D eigenvalue weighted by Crippen LogP contribution is 2.30. The van der Waals surface area contributed by atoms with E-state index >= 15 is 0 Å². The number of halogens is 3. The number of benzene rings is 1. The van der Waals surface area contributed by atoms with Gasteiger partial charge in [-0.15, -0.1) is 0 Å². The molecule has 6 nitrogen and oxygen atoms in total. The molecule has 22 heavy (non-hydrogen) atoms.